The van der Waals surface area contributed by atoms with Crippen LogP contribution in [-0.4, -0.2) is 55.5 Å². The monoisotopic (exact) mass is 826 g/mol. The number of ether oxygens (including phenoxy) is 2. The van der Waals surface area contributed by atoms with Gasteiger partial charge in [-0.2, -0.15) is 8.42 Å². The molecular weight excluding hydrogens is 788 g/mol. The Labute approximate surface area is 287 Å². The van der Waals surface area contributed by atoms with Gasteiger partial charge in [0.25, 0.3) is 34.1 Å². The second kappa shape index (κ2) is 21.4. The van der Waals surface area contributed by atoms with Gasteiger partial charge < -0.3 is 14.5 Å². The molecule has 0 aromatic carbocycles. The van der Waals surface area contributed by atoms with Crippen molar-refractivity contribution in [1.29, 1.82) is 0 Å². The normalized spacial score (nSPS) is 12.6. The van der Waals surface area contributed by atoms with Crippen LogP contribution >= 0.6 is 31.9 Å². The van der Waals surface area contributed by atoms with Gasteiger partial charge in [-0.3, -0.25) is 18.3 Å². The van der Waals surface area contributed by atoms with E-state index in [-0.39, 0.29) is 25.0 Å². The highest BCUT2D eigenvalue weighted by Crippen LogP contribution is 2.24. The van der Waals surface area contributed by atoms with Gasteiger partial charge in [-0.1, -0.05) is 27.7 Å². The third-order valence-electron chi connectivity index (χ3n) is 5.52. The van der Waals surface area contributed by atoms with Crippen LogP contribution in [0.25, 0.3) is 0 Å². The van der Waals surface area contributed by atoms with Crippen LogP contribution in [0.4, 0.5) is 17.6 Å². The van der Waals surface area contributed by atoms with Crippen molar-refractivity contribution in [3.8, 4) is 0 Å². The molecule has 2 unspecified atom stereocenters. The lowest BCUT2D eigenvalue weighted by molar-refractivity contribution is -0.152. The highest BCUT2D eigenvalue weighted by Gasteiger charge is 2.27. The van der Waals surface area contributed by atoms with Crippen LogP contribution < -0.4 is 11.1 Å². The first-order valence-corrected chi connectivity index (χ1v) is 17.6. The van der Waals surface area contributed by atoms with E-state index in [0.29, 0.717) is 21.8 Å². The summed E-state index contributed by atoms with van der Waals surface area (Å²) in [6, 6.07) is 1.26. The van der Waals surface area contributed by atoms with Crippen molar-refractivity contribution < 1.29 is 49.2 Å². The minimum absolute atomic E-state index is 0.0975. The zero-order chi connectivity index (χ0) is 36.6. The number of H-pyrrole nitrogens is 1. The van der Waals surface area contributed by atoms with Gasteiger partial charge >= 0.3 is 11.9 Å². The Kier molecular flexibility index (Phi) is 20.2. The van der Waals surface area contributed by atoms with Gasteiger partial charge in [0.2, 0.25) is 0 Å². The molecule has 0 saturated carbocycles. The molecule has 0 fully saturated rings. The molecular formula is C29H40Br2F4N2O9S. The Balaban J connectivity index is 0.000000713. The molecule has 0 aliphatic heterocycles. The van der Waals surface area contributed by atoms with Crippen LogP contribution in [0.2, 0.25) is 0 Å². The summed E-state index contributed by atoms with van der Waals surface area (Å²) in [6.07, 6.45) is -2.42. The van der Waals surface area contributed by atoms with E-state index < -0.39 is 69.3 Å². The van der Waals surface area contributed by atoms with Crippen molar-refractivity contribution >= 4 is 53.9 Å². The molecule has 0 aliphatic rings. The fourth-order valence-corrected chi connectivity index (χ4v) is 5.08. The van der Waals surface area contributed by atoms with E-state index in [1.807, 2.05) is 27.7 Å². The number of esters is 2. The molecule has 2 atom stereocenters. The predicted octanol–water partition coefficient (Wildman–Crippen LogP) is 6.71. The molecule has 0 saturated heterocycles. The first kappa shape index (κ1) is 44.4. The summed E-state index contributed by atoms with van der Waals surface area (Å²) in [7, 11) is -3.63. The fraction of sp³-hybridized carbons (Fsp3) is 0.586. The van der Waals surface area contributed by atoms with Crippen molar-refractivity contribution in [2.75, 3.05) is 19.5 Å². The number of aromatic nitrogens is 2. The number of rotatable bonds is 13. The maximum Gasteiger partial charge on any atom is 0.336 e. The zero-order valence-corrected chi connectivity index (χ0v) is 30.9. The number of alkyl halides is 4. The molecule has 0 spiro atoms. The van der Waals surface area contributed by atoms with Crippen molar-refractivity contribution in [3.05, 3.63) is 65.3 Å². The zero-order valence-electron chi connectivity index (χ0n) is 26.9. The first-order chi connectivity index (χ1) is 21.6. The number of hydrogen-bond acceptors (Lipinski definition) is 9. The van der Waals surface area contributed by atoms with Crippen LogP contribution in [0.15, 0.2) is 43.1 Å². The molecule has 2 aromatic rings. The topological polar surface area (TPSA) is 151 Å². The minimum Gasteiger partial charge on any atom is -0.464 e. The number of carbonyl (C=O) groups is 2. The smallest absolute Gasteiger partial charge is 0.336 e. The van der Waals surface area contributed by atoms with Crippen LogP contribution in [0.5, 0.6) is 0 Å². The quantitative estimate of drug-likeness (QED) is 0.132. The molecule has 1 N–H and O–H groups in total. The number of pyridine rings is 2. The van der Waals surface area contributed by atoms with Crippen molar-refractivity contribution in [1.82, 2.24) is 9.55 Å². The van der Waals surface area contributed by atoms with E-state index in [1.54, 1.807) is 13.8 Å². The van der Waals surface area contributed by atoms with E-state index in [2.05, 4.69) is 41.0 Å². The van der Waals surface area contributed by atoms with Crippen LogP contribution in [-0.2, 0) is 33.4 Å². The highest BCUT2D eigenvalue weighted by atomic mass is 79.9. The van der Waals surface area contributed by atoms with Gasteiger partial charge in [0, 0.05) is 21.3 Å². The molecule has 2 aromatic heterocycles. The largest absolute Gasteiger partial charge is 0.464 e. The fourth-order valence-electron chi connectivity index (χ4n) is 3.67. The standard InChI is InChI=1S/C14H18BrF2NO3.C9H18O5S.C6H4BrF2NO/c1-4-21-14(20)11(5-8(2)3)18-7-9(15)6-10(12(16)17)13(18)19;1-5-13-9(10)8(6-7(2)3)14-15(4,11)12;7-3-1-4(5(8)9)6(11)10-2-3/h6-8,11-12H,4-5H2,1-3H3;7-8H,5-6H2,1-4H3;1-2,5H,(H,10,11). The average molecular weight is 829 g/mol. The third-order valence-corrected chi connectivity index (χ3v) is 6.99. The summed E-state index contributed by atoms with van der Waals surface area (Å²) in [5.74, 6) is -0.968. The van der Waals surface area contributed by atoms with Crippen LogP contribution in [0.1, 0.15) is 84.4 Å². The Bertz CT molecular complexity index is 1520. The SMILES string of the molecule is CCOC(=O)C(CC(C)C)OS(C)(=O)=O.CCOC(=O)C(CC(C)C)n1cc(Br)cc(C(F)F)c1=O.O=c1[nH]cc(Br)cc1C(F)F. The lowest BCUT2D eigenvalue weighted by Crippen LogP contribution is -2.33. The molecule has 47 heavy (non-hydrogen) atoms. The van der Waals surface area contributed by atoms with Gasteiger partial charge in [-0.25, -0.2) is 27.2 Å². The number of aromatic amines is 1. The summed E-state index contributed by atoms with van der Waals surface area (Å²) in [6.45, 7) is 11.2. The number of halogens is 6. The molecule has 18 heteroatoms. The molecule has 2 heterocycles. The van der Waals surface area contributed by atoms with Gasteiger partial charge in [0.1, 0.15) is 6.04 Å². The highest BCUT2D eigenvalue weighted by molar-refractivity contribution is 9.10. The molecule has 0 radical (unpaired) electrons. The van der Waals surface area contributed by atoms with Gasteiger partial charge in [-0.05, 0) is 82.5 Å². The number of carbonyl (C=O) groups excluding carboxylic acids is 2. The maximum absolute atomic E-state index is 12.9. The number of hydrogen-bond donors (Lipinski definition) is 1. The lowest BCUT2D eigenvalue weighted by atomic mass is 10.0. The molecule has 11 nitrogen and oxygen atoms in total. The van der Waals surface area contributed by atoms with Crippen molar-refractivity contribution in [2.24, 2.45) is 11.8 Å². The van der Waals surface area contributed by atoms with E-state index in [9.17, 15) is 45.2 Å². The summed E-state index contributed by atoms with van der Waals surface area (Å²) >= 11 is 6.05. The van der Waals surface area contributed by atoms with Gasteiger partial charge in [0.15, 0.2) is 6.10 Å². The minimum atomic E-state index is -3.63. The molecule has 0 aliphatic carbocycles. The lowest BCUT2D eigenvalue weighted by Gasteiger charge is -2.21. The average Bonchev–Trinajstić information content (AvgIpc) is 2.93. The van der Waals surface area contributed by atoms with E-state index in [4.69, 9.17) is 9.47 Å². The van der Waals surface area contributed by atoms with Gasteiger partial charge in [0.05, 0.1) is 30.6 Å². The molecule has 0 amide bonds. The summed E-state index contributed by atoms with van der Waals surface area (Å²) < 4.78 is 87.7. The predicted molar refractivity (Wildman–Crippen MR) is 174 cm³/mol. The second-order valence-electron chi connectivity index (χ2n) is 10.6. The Morgan fingerprint density at radius 1 is 0.851 bits per heavy atom. The van der Waals surface area contributed by atoms with Gasteiger partial charge in [-0.15, -0.1) is 0 Å². The van der Waals surface area contributed by atoms with Crippen molar-refractivity contribution in [2.45, 2.75) is 79.4 Å². The molecule has 268 valence electrons. The third kappa shape index (κ3) is 17.4. The van der Waals surface area contributed by atoms with E-state index in [1.165, 1.54) is 12.4 Å². The van der Waals surface area contributed by atoms with Crippen LogP contribution in [0.3, 0.4) is 0 Å². The summed E-state index contributed by atoms with van der Waals surface area (Å²) in [4.78, 5) is 48.4. The Morgan fingerprint density at radius 3 is 1.77 bits per heavy atom. The van der Waals surface area contributed by atoms with Crippen molar-refractivity contribution in [3.63, 3.8) is 0 Å². The van der Waals surface area contributed by atoms with Crippen LogP contribution in [0, 0.1) is 11.8 Å². The Morgan fingerprint density at radius 2 is 1.34 bits per heavy atom. The molecule has 2 rings (SSSR count). The van der Waals surface area contributed by atoms with E-state index >= 15 is 0 Å². The summed E-state index contributed by atoms with van der Waals surface area (Å²) in [5.41, 5.74) is -2.77. The maximum atomic E-state index is 12.9. The Hall–Kier alpha value is -2.57. The first-order valence-electron chi connectivity index (χ1n) is 14.2. The number of nitrogens with one attached hydrogen (secondary N) is 1. The van der Waals surface area contributed by atoms with E-state index in [0.717, 1.165) is 23.0 Å². The molecule has 0 bridgehead atoms. The second-order valence-corrected chi connectivity index (χ2v) is 14.0. The number of nitrogens with zero attached hydrogens (tertiary/aromatic N) is 1. The summed E-state index contributed by atoms with van der Waals surface area (Å²) in [5, 5.41) is 0.